The molecule has 7 heteroatoms. The molecule has 0 rings (SSSR count). The Kier molecular flexibility index (Phi) is 4.52. The Balaban J connectivity index is 3.95. The van der Waals surface area contributed by atoms with E-state index in [4.69, 9.17) is 0 Å². The van der Waals surface area contributed by atoms with Gasteiger partial charge in [0.25, 0.3) is 0 Å². The predicted octanol–water partition coefficient (Wildman–Crippen LogP) is 1.32. The van der Waals surface area contributed by atoms with Crippen molar-refractivity contribution in [2.45, 2.75) is 24.5 Å². The van der Waals surface area contributed by atoms with Crippen molar-refractivity contribution in [1.82, 2.24) is 5.32 Å². The minimum absolute atomic E-state index is 0.798. The molecule has 13 heavy (non-hydrogen) atoms. The molecule has 0 aliphatic heterocycles. The van der Waals surface area contributed by atoms with Crippen LogP contribution in [0.1, 0.15) is 6.92 Å². The summed E-state index contributed by atoms with van der Waals surface area (Å²) in [6.45, 7) is -0.0205. The number of nitrogens with one attached hydrogen (secondary N) is 1. The van der Waals surface area contributed by atoms with Crippen LogP contribution in [0.4, 0.5) is 17.6 Å². The zero-order valence-electron chi connectivity index (χ0n) is 6.73. The quantitative estimate of drug-likeness (QED) is 0.542. The average Bonchev–Trinajstić information content (AvgIpc) is 1.99. The number of carbonyl (C=O) groups excluding carboxylic acids is 1. The van der Waals surface area contributed by atoms with Crippen LogP contribution in [-0.2, 0) is 4.79 Å². The Bertz CT molecular complexity index is 185. The van der Waals surface area contributed by atoms with Crippen LogP contribution in [0.25, 0.3) is 0 Å². The zero-order valence-corrected chi connectivity index (χ0v) is 7.62. The third-order valence-electron chi connectivity index (χ3n) is 1.20. The molecule has 0 aromatic carbocycles. The second-order valence-corrected chi connectivity index (χ2v) is 3.23. The van der Waals surface area contributed by atoms with Crippen molar-refractivity contribution >= 4 is 18.5 Å². The second-order valence-electron chi connectivity index (χ2n) is 2.46. The Hall–Kier alpha value is -0.460. The maximum Gasteiger partial charge on any atom is 0.324 e. The summed E-state index contributed by atoms with van der Waals surface area (Å²) in [5, 5.41) is 0.861. The van der Waals surface area contributed by atoms with E-state index in [9.17, 15) is 22.4 Å². The molecule has 0 heterocycles. The van der Waals surface area contributed by atoms with Crippen LogP contribution >= 0.6 is 12.6 Å². The SMILES string of the molecule is CC(S)C(=O)NCC(F)(F)C(F)F. The summed E-state index contributed by atoms with van der Waals surface area (Å²) in [7, 11) is 0. The predicted molar refractivity (Wildman–Crippen MR) is 42.4 cm³/mol. The molecule has 0 bridgehead atoms. The highest BCUT2D eigenvalue weighted by Gasteiger charge is 2.40. The molecule has 1 atom stereocenters. The number of carbonyl (C=O) groups is 1. The minimum atomic E-state index is -4.18. The first kappa shape index (κ1) is 12.5. The van der Waals surface area contributed by atoms with Gasteiger partial charge in [-0.25, -0.2) is 8.78 Å². The van der Waals surface area contributed by atoms with Gasteiger partial charge in [-0.05, 0) is 6.92 Å². The van der Waals surface area contributed by atoms with Crippen LogP contribution in [0.15, 0.2) is 0 Å². The lowest BCUT2D eigenvalue weighted by atomic mass is 10.3. The fourth-order valence-corrected chi connectivity index (χ4v) is 0.521. The first-order chi connectivity index (χ1) is 5.77. The first-order valence-corrected chi connectivity index (χ1v) is 3.90. The highest BCUT2D eigenvalue weighted by atomic mass is 32.1. The maximum atomic E-state index is 12.2. The summed E-state index contributed by atoms with van der Waals surface area (Å²) < 4.78 is 47.4. The Morgan fingerprint density at radius 2 is 2.00 bits per heavy atom. The number of rotatable bonds is 4. The summed E-state index contributed by atoms with van der Waals surface area (Å²) in [5.74, 6) is -4.98. The molecule has 1 amide bonds. The lowest BCUT2D eigenvalue weighted by molar-refractivity contribution is -0.136. The Morgan fingerprint density at radius 3 is 2.31 bits per heavy atom. The molecule has 0 aliphatic carbocycles. The summed E-state index contributed by atoms with van der Waals surface area (Å²) >= 11 is 3.63. The van der Waals surface area contributed by atoms with Crippen molar-refractivity contribution < 1.29 is 22.4 Å². The number of hydrogen-bond donors (Lipinski definition) is 2. The lowest BCUT2D eigenvalue weighted by Crippen LogP contribution is -2.43. The van der Waals surface area contributed by atoms with Gasteiger partial charge in [0.2, 0.25) is 5.91 Å². The van der Waals surface area contributed by atoms with Crippen LogP contribution in [0, 0.1) is 0 Å². The normalized spacial score (nSPS) is 14.4. The van der Waals surface area contributed by atoms with Gasteiger partial charge >= 0.3 is 12.3 Å². The number of hydrogen-bond acceptors (Lipinski definition) is 2. The summed E-state index contributed by atoms with van der Waals surface area (Å²) in [6.07, 6.45) is -3.77. The lowest BCUT2D eigenvalue weighted by Gasteiger charge is -2.16. The topological polar surface area (TPSA) is 29.1 Å². The summed E-state index contributed by atoms with van der Waals surface area (Å²) in [5.41, 5.74) is 0. The second kappa shape index (κ2) is 4.69. The van der Waals surface area contributed by atoms with Gasteiger partial charge in [-0.3, -0.25) is 4.79 Å². The summed E-state index contributed by atoms with van der Waals surface area (Å²) in [4.78, 5) is 10.6. The van der Waals surface area contributed by atoms with E-state index in [0.29, 0.717) is 0 Å². The van der Waals surface area contributed by atoms with Crippen LogP contribution in [0.2, 0.25) is 0 Å². The zero-order chi connectivity index (χ0) is 10.6. The van der Waals surface area contributed by atoms with Gasteiger partial charge in [0.05, 0.1) is 11.8 Å². The van der Waals surface area contributed by atoms with Crippen LogP contribution in [0.3, 0.4) is 0 Å². The molecule has 0 aliphatic rings. The van der Waals surface area contributed by atoms with Crippen LogP contribution in [0.5, 0.6) is 0 Å². The third kappa shape index (κ3) is 4.35. The first-order valence-electron chi connectivity index (χ1n) is 3.39. The van der Waals surface area contributed by atoms with Gasteiger partial charge in [-0.1, -0.05) is 0 Å². The van der Waals surface area contributed by atoms with Crippen molar-refractivity contribution in [1.29, 1.82) is 0 Å². The number of halogens is 4. The highest BCUT2D eigenvalue weighted by Crippen LogP contribution is 2.21. The largest absolute Gasteiger partial charge is 0.349 e. The van der Waals surface area contributed by atoms with Gasteiger partial charge in [-0.15, -0.1) is 0 Å². The van der Waals surface area contributed by atoms with Crippen LogP contribution < -0.4 is 5.32 Å². The van der Waals surface area contributed by atoms with Crippen molar-refractivity contribution in [2.24, 2.45) is 0 Å². The standard InChI is InChI=1S/C6H9F4NOS/c1-3(13)4(12)11-2-6(9,10)5(7)8/h3,5,13H,2H2,1H3,(H,11,12). The van der Waals surface area contributed by atoms with E-state index in [2.05, 4.69) is 12.6 Å². The Labute approximate surface area is 78.1 Å². The van der Waals surface area contributed by atoms with Gasteiger partial charge in [0.1, 0.15) is 0 Å². The Morgan fingerprint density at radius 1 is 1.54 bits per heavy atom. The molecule has 0 saturated heterocycles. The van der Waals surface area contributed by atoms with Crippen LogP contribution in [-0.4, -0.2) is 30.0 Å². The van der Waals surface area contributed by atoms with Gasteiger partial charge in [0.15, 0.2) is 0 Å². The number of amides is 1. The molecule has 0 aromatic heterocycles. The highest BCUT2D eigenvalue weighted by molar-refractivity contribution is 7.81. The van der Waals surface area contributed by atoms with E-state index in [-0.39, 0.29) is 0 Å². The van der Waals surface area contributed by atoms with Gasteiger partial charge in [-0.2, -0.15) is 21.4 Å². The fourth-order valence-electron chi connectivity index (χ4n) is 0.430. The van der Waals surface area contributed by atoms with E-state index in [1.807, 2.05) is 0 Å². The smallest absolute Gasteiger partial charge is 0.324 e. The number of alkyl halides is 4. The monoisotopic (exact) mass is 219 g/mol. The average molecular weight is 219 g/mol. The molecule has 0 radical (unpaired) electrons. The van der Waals surface area contributed by atoms with Crippen molar-refractivity contribution in [2.75, 3.05) is 6.54 Å². The molecule has 0 fully saturated rings. The van der Waals surface area contributed by atoms with E-state index >= 15 is 0 Å². The molecule has 0 saturated carbocycles. The van der Waals surface area contributed by atoms with Crippen molar-refractivity contribution in [3.05, 3.63) is 0 Å². The van der Waals surface area contributed by atoms with Crippen molar-refractivity contribution in [3.63, 3.8) is 0 Å². The molecular formula is C6H9F4NOS. The molecular weight excluding hydrogens is 210 g/mol. The van der Waals surface area contributed by atoms with Gasteiger partial charge in [0, 0.05) is 0 Å². The maximum absolute atomic E-state index is 12.2. The number of thiol groups is 1. The molecule has 78 valence electrons. The van der Waals surface area contributed by atoms with E-state index < -0.39 is 30.0 Å². The van der Waals surface area contributed by atoms with Gasteiger partial charge < -0.3 is 5.32 Å². The van der Waals surface area contributed by atoms with E-state index in [1.54, 1.807) is 5.32 Å². The van der Waals surface area contributed by atoms with E-state index in [1.165, 1.54) is 6.92 Å². The molecule has 0 spiro atoms. The molecule has 2 nitrogen and oxygen atoms in total. The van der Waals surface area contributed by atoms with E-state index in [0.717, 1.165) is 0 Å². The fraction of sp³-hybridized carbons (Fsp3) is 0.833. The van der Waals surface area contributed by atoms with Crippen molar-refractivity contribution in [3.8, 4) is 0 Å². The third-order valence-corrected chi connectivity index (χ3v) is 1.43. The summed E-state index contributed by atoms with van der Waals surface area (Å²) in [6, 6.07) is 0. The molecule has 1 unspecified atom stereocenters. The molecule has 0 aromatic rings. The molecule has 1 N–H and O–H groups in total. The minimum Gasteiger partial charge on any atom is -0.349 e.